The number of pyridine rings is 1. The lowest BCUT2D eigenvalue weighted by atomic mass is 10.2. The third-order valence-corrected chi connectivity index (χ3v) is 6.28. The maximum atomic E-state index is 13.1. The van der Waals surface area contributed by atoms with Crippen LogP contribution in [0.1, 0.15) is 22.5 Å². The minimum Gasteiger partial charge on any atom is -0.481 e. The lowest BCUT2D eigenvalue weighted by Gasteiger charge is -2.12. The van der Waals surface area contributed by atoms with Gasteiger partial charge in [-0.15, -0.1) is 0 Å². The Hall–Kier alpha value is -4.48. The molecule has 0 bridgehead atoms. The third-order valence-electron chi connectivity index (χ3n) is 5.95. The molecule has 260 valence electrons. The molecule has 1 aromatic heterocycles. The van der Waals surface area contributed by atoms with Crippen molar-refractivity contribution < 1.29 is 56.3 Å². The van der Waals surface area contributed by atoms with Gasteiger partial charge in [0, 0.05) is 30.2 Å². The van der Waals surface area contributed by atoms with E-state index in [0.29, 0.717) is 56.8 Å². The molecule has 0 unspecified atom stereocenters. The minimum atomic E-state index is -4.67. The van der Waals surface area contributed by atoms with Crippen LogP contribution in [0.5, 0.6) is 11.5 Å². The number of aromatic nitrogens is 1. The molecular formula is C31H34ClF3N4O9. The maximum absolute atomic E-state index is 13.1. The smallest absolute Gasteiger partial charge is 0.417 e. The molecule has 0 aliphatic carbocycles. The van der Waals surface area contributed by atoms with Gasteiger partial charge in [-0.05, 0) is 48.5 Å². The number of hydrogen-bond donors (Lipinski definition) is 4. The number of benzene rings is 2. The summed E-state index contributed by atoms with van der Waals surface area (Å²) >= 11 is 5.61. The van der Waals surface area contributed by atoms with Gasteiger partial charge in [-0.3, -0.25) is 14.6 Å². The monoisotopic (exact) mass is 698 g/mol. The first-order chi connectivity index (χ1) is 23.0. The van der Waals surface area contributed by atoms with Crippen molar-refractivity contribution >= 4 is 40.9 Å². The standard InChI is InChI=1S/C31H34ClF3N4O9/c32-26-6-3-22(19-25(26)31(33,34)35)39-30(43)38-21-1-4-23(5-2-21)48-24-7-9-36-27(20-24)29(42)37-10-12-45-14-16-47-18-17-46-15-13-44-11-8-28(40)41/h1-7,9,19-20H,8,10-18H2,(H,37,42)(H,40,41)(H2,38,39,43). The fraction of sp³-hybridized carbons (Fsp3) is 0.355. The molecule has 3 amide bonds. The van der Waals surface area contributed by atoms with Gasteiger partial charge in [0.2, 0.25) is 0 Å². The summed E-state index contributed by atoms with van der Waals surface area (Å²) in [5.74, 6) is -0.628. The van der Waals surface area contributed by atoms with E-state index in [1.807, 2.05) is 0 Å². The van der Waals surface area contributed by atoms with E-state index in [9.17, 15) is 27.6 Å². The molecular weight excluding hydrogens is 665 g/mol. The number of alkyl halides is 3. The maximum Gasteiger partial charge on any atom is 0.417 e. The molecule has 0 saturated heterocycles. The number of nitrogens with one attached hydrogen (secondary N) is 3. The van der Waals surface area contributed by atoms with E-state index in [1.54, 1.807) is 18.2 Å². The van der Waals surface area contributed by atoms with Crippen molar-refractivity contribution in [1.82, 2.24) is 10.3 Å². The van der Waals surface area contributed by atoms with Crippen molar-refractivity contribution in [3.05, 3.63) is 77.1 Å². The van der Waals surface area contributed by atoms with E-state index < -0.39 is 34.7 Å². The molecule has 0 aliphatic rings. The molecule has 0 spiro atoms. The van der Waals surface area contributed by atoms with Crippen LogP contribution in [0.25, 0.3) is 0 Å². The predicted molar refractivity (Wildman–Crippen MR) is 168 cm³/mol. The van der Waals surface area contributed by atoms with Gasteiger partial charge in [-0.25, -0.2) is 4.79 Å². The highest BCUT2D eigenvalue weighted by molar-refractivity contribution is 6.31. The Labute approximate surface area is 278 Å². The van der Waals surface area contributed by atoms with Crippen molar-refractivity contribution in [2.45, 2.75) is 12.6 Å². The zero-order valence-electron chi connectivity index (χ0n) is 25.5. The number of carboxylic acids is 1. The fourth-order valence-electron chi connectivity index (χ4n) is 3.70. The van der Waals surface area contributed by atoms with Gasteiger partial charge in [-0.1, -0.05) is 11.6 Å². The van der Waals surface area contributed by atoms with Crippen molar-refractivity contribution in [3.8, 4) is 11.5 Å². The quantitative estimate of drug-likeness (QED) is 0.111. The van der Waals surface area contributed by atoms with E-state index in [-0.39, 0.29) is 37.6 Å². The van der Waals surface area contributed by atoms with Gasteiger partial charge in [0.15, 0.2) is 0 Å². The van der Waals surface area contributed by atoms with E-state index in [1.165, 1.54) is 30.5 Å². The zero-order valence-corrected chi connectivity index (χ0v) is 26.3. The topological polar surface area (TPSA) is 167 Å². The SMILES string of the molecule is O=C(O)CCOCCOCCOCCOCCNC(=O)c1cc(Oc2ccc(NC(=O)Nc3ccc(Cl)c(C(F)(F)F)c3)cc2)ccn1. The second-order valence-electron chi connectivity index (χ2n) is 9.62. The van der Waals surface area contributed by atoms with Gasteiger partial charge >= 0.3 is 18.2 Å². The Balaban J connectivity index is 1.30. The van der Waals surface area contributed by atoms with Gasteiger partial charge in [0.25, 0.3) is 5.91 Å². The minimum absolute atomic E-state index is 0.0471. The Morgan fingerprint density at radius 3 is 1.96 bits per heavy atom. The molecule has 3 aromatic rings. The molecule has 0 atom stereocenters. The summed E-state index contributed by atoms with van der Waals surface area (Å²) in [6.45, 7) is 2.66. The average Bonchev–Trinajstić information content (AvgIpc) is 3.04. The Morgan fingerprint density at radius 1 is 0.750 bits per heavy atom. The number of carbonyl (C=O) groups excluding carboxylic acids is 2. The van der Waals surface area contributed by atoms with Crippen molar-refractivity contribution in [1.29, 1.82) is 0 Å². The first-order valence-corrected chi connectivity index (χ1v) is 14.9. The van der Waals surface area contributed by atoms with Gasteiger partial charge in [0.05, 0.1) is 69.9 Å². The average molecular weight is 699 g/mol. The Bertz CT molecular complexity index is 1480. The molecule has 48 heavy (non-hydrogen) atoms. The molecule has 4 N–H and O–H groups in total. The number of amides is 3. The van der Waals surface area contributed by atoms with E-state index >= 15 is 0 Å². The number of nitrogens with zero attached hydrogens (tertiary/aromatic N) is 1. The molecule has 0 saturated carbocycles. The number of aliphatic carboxylic acids is 1. The summed E-state index contributed by atoms with van der Waals surface area (Å²) in [7, 11) is 0. The number of ether oxygens (including phenoxy) is 5. The van der Waals surface area contributed by atoms with E-state index in [2.05, 4.69) is 20.9 Å². The van der Waals surface area contributed by atoms with Crippen LogP contribution < -0.4 is 20.7 Å². The molecule has 0 radical (unpaired) electrons. The summed E-state index contributed by atoms with van der Waals surface area (Å²) in [6.07, 6.45) is -3.30. The Kier molecular flexibility index (Phi) is 15.8. The van der Waals surface area contributed by atoms with Crippen LogP contribution in [0.15, 0.2) is 60.8 Å². The largest absolute Gasteiger partial charge is 0.481 e. The van der Waals surface area contributed by atoms with Crippen LogP contribution in [0, 0.1) is 0 Å². The molecule has 2 aromatic carbocycles. The molecule has 0 fully saturated rings. The highest BCUT2D eigenvalue weighted by atomic mass is 35.5. The summed E-state index contributed by atoms with van der Waals surface area (Å²) in [4.78, 5) is 39.2. The van der Waals surface area contributed by atoms with Crippen molar-refractivity contribution in [3.63, 3.8) is 0 Å². The highest BCUT2D eigenvalue weighted by Gasteiger charge is 2.33. The van der Waals surface area contributed by atoms with Crippen LogP contribution in [0.4, 0.5) is 29.3 Å². The van der Waals surface area contributed by atoms with Gasteiger partial charge in [0.1, 0.15) is 17.2 Å². The highest BCUT2D eigenvalue weighted by Crippen LogP contribution is 2.36. The lowest BCUT2D eigenvalue weighted by molar-refractivity contribution is -0.138. The summed E-state index contributed by atoms with van der Waals surface area (Å²) < 4.78 is 66.2. The number of carboxylic acid groups (broad SMARTS) is 1. The van der Waals surface area contributed by atoms with Crippen molar-refractivity contribution in [2.75, 3.05) is 70.0 Å². The number of urea groups is 1. The zero-order chi connectivity index (χ0) is 34.8. The number of anilines is 2. The van der Waals surface area contributed by atoms with Gasteiger partial charge in [-0.2, -0.15) is 13.2 Å². The second kappa shape index (κ2) is 20.0. The summed E-state index contributed by atoms with van der Waals surface area (Å²) in [6, 6.07) is 11.4. The second-order valence-corrected chi connectivity index (χ2v) is 10.0. The molecule has 13 nitrogen and oxygen atoms in total. The van der Waals surface area contributed by atoms with Crippen LogP contribution in [-0.2, 0) is 29.9 Å². The predicted octanol–water partition coefficient (Wildman–Crippen LogP) is 5.46. The number of halogens is 4. The van der Waals surface area contributed by atoms with E-state index in [0.717, 1.165) is 12.1 Å². The third kappa shape index (κ3) is 14.5. The lowest BCUT2D eigenvalue weighted by Crippen LogP contribution is -2.28. The first-order valence-electron chi connectivity index (χ1n) is 14.5. The first kappa shape index (κ1) is 38.0. The fourth-order valence-corrected chi connectivity index (χ4v) is 3.93. The van der Waals surface area contributed by atoms with Gasteiger partial charge < -0.3 is 44.7 Å². The van der Waals surface area contributed by atoms with Crippen LogP contribution in [0.2, 0.25) is 5.02 Å². The number of carbonyl (C=O) groups is 3. The van der Waals surface area contributed by atoms with Crippen molar-refractivity contribution in [2.24, 2.45) is 0 Å². The summed E-state index contributed by atoms with van der Waals surface area (Å²) in [5.41, 5.74) is -0.691. The molecule has 1 heterocycles. The normalized spacial score (nSPS) is 11.2. The molecule has 3 rings (SSSR count). The number of hydrogen-bond acceptors (Lipinski definition) is 9. The van der Waals surface area contributed by atoms with Crippen LogP contribution in [-0.4, -0.2) is 87.4 Å². The van der Waals surface area contributed by atoms with Crippen LogP contribution >= 0.6 is 11.6 Å². The molecule has 0 aliphatic heterocycles. The number of rotatable bonds is 20. The Morgan fingerprint density at radius 2 is 1.33 bits per heavy atom. The van der Waals surface area contributed by atoms with Crippen LogP contribution in [0.3, 0.4) is 0 Å². The van der Waals surface area contributed by atoms with E-state index in [4.69, 9.17) is 40.4 Å². The molecule has 17 heteroatoms. The summed E-state index contributed by atoms with van der Waals surface area (Å²) in [5, 5.41) is 15.6.